The Labute approximate surface area is 185 Å². The zero-order valence-electron chi connectivity index (χ0n) is 17.5. The number of nitrogens with zero attached hydrogens (tertiary/aromatic N) is 4. The second kappa shape index (κ2) is 9.09. The standard InChI is InChI=1S/C23H24N6OS/c1-16-8-10-18(11-9-16)21-19(15-29(27-21)14-17-6-4-3-5-7-17)22(30)24-13-12-20-25-26-23(31)28(20)2/h3-11,15H,12-14H2,1-2H3,(H,24,30)(H,26,31). The molecule has 7 nitrogen and oxygen atoms in total. The van der Waals surface area contributed by atoms with E-state index in [1.165, 1.54) is 0 Å². The lowest BCUT2D eigenvalue weighted by atomic mass is 10.1. The monoisotopic (exact) mass is 432 g/mol. The van der Waals surface area contributed by atoms with Crippen LogP contribution in [0.5, 0.6) is 0 Å². The Morgan fingerprint density at radius 2 is 1.87 bits per heavy atom. The first-order chi connectivity index (χ1) is 15.0. The van der Waals surface area contributed by atoms with Gasteiger partial charge in [-0.3, -0.25) is 14.6 Å². The van der Waals surface area contributed by atoms with Crippen LogP contribution in [-0.2, 0) is 20.0 Å². The SMILES string of the molecule is Cc1ccc(-c2nn(Cc3ccccc3)cc2C(=O)NCCc2n[nH]c(=S)n2C)cc1. The summed E-state index contributed by atoms with van der Waals surface area (Å²) in [7, 11) is 1.85. The molecule has 8 heteroatoms. The molecule has 2 heterocycles. The molecule has 2 N–H and O–H groups in total. The first-order valence-electron chi connectivity index (χ1n) is 10.1. The van der Waals surface area contributed by atoms with Crippen LogP contribution >= 0.6 is 12.2 Å². The van der Waals surface area contributed by atoms with E-state index >= 15 is 0 Å². The molecule has 2 aromatic heterocycles. The van der Waals surface area contributed by atoms with Crippen LogP contribution in [0.2, 0.25) is 0 Å². The van der Waals surface area contributed by atoms with Crippen LogP contribution in [0.25, 0.3) is 11.3 Å². The molecule has 2 aromatic carbocycles. The van der Waals surface area contributed by atoms with E-state index in [1.807, 2.05) is 79.4 Å². The van der Waals surface area contributed by atoms with Gasteiger partial charge >= 0.3 is 0 Å². The number of aromatic nitrogens is 5. The fourth-order valence-electron chi connectivity index (χ4n) is 3.35. The Kier molecular flexibility index (Phi) is 6.08. The van der Waals surface area contributed by atoms with Crippen molar-refractivity contribution in [3.05, 3.63) is 88.1 Å². The minimum Gasteiger partial charge on any atom is -0.351 e. The van der Waals surface area contributed by atoms with Crippen molar-refractivity contribution in [3.63, 3.8) is 0 Å². The molecule has 0 bridgehead atoms. The minimum atomic E-state index is -0.160. The molecule has 0 saturated heterocycles. The van der Waals surface area contributed by atoms with Crippen molar-refractivity contribution in [2.45, 2.75) is 19.9 Å². The van der Waals surface area contributed by atoms with Gasteiger partial charge in [0.05, 0.1) is 12.1 Å². The first kappa shape index (κ1) is 20.7. The van der Waals surface area contributed by atoms with Gasteiger partial charge in [0.1, 0.15) is 11.5 Å². The number of amides is 1. The summed E-state index contributed by atoms with van der Waals surface area (Å²) >= 11 is 5.14. The molecule has 0 fully saturated rings. The third-order valence-corrected chi connectivity index (χ3v) is 5.49. The van der Waals surface area contributed by atoms with Gasteiger partial charge in [0, 0.05) is 31.8 Å². The van der Waals surface area contributed by atoms with Crippen molar-refractivity contribution in [1.29, 1.82) is 0 Å². The highest BCUT2D eigenvalue weighted by atomic mass is 32.1. The van der Waals surface area contributed by atoms with Crippen LogP contribution < -0.4 is 5.32 Å². The summed E-state index contributed by atoms with van der Waals surface area (Å²) in [5, 5.41) is 14.7. The van der Waals surface area contributed by atoms with E-state index in [0.29, 0.717) is 35.5 Å². The summed E-state index contributed by atoms with van der Waals surface area (Å²) < 4.78 is 4.18. The molecule has 1 amide bonds. The van der Waals surface area contributed by atoms with Gasteiger partial charge in [-0.05, 0) is 24.7 Å². The molecule has 0 atom stereocenters. The number of H-pyrrole nitrogens is 1. The molecular formula is C23H24N6OS. The van der Waals surface area contributed by atoms with Crippen LogP contribution in [0.4, 0.5) is 0 Å². The van der Waals surface area contributed by atoms with Gasteiger partial charge in [-0.25, -0.2) is 0 Å². The summed E-state index contributed by atoms with van der Waals surface area (Å²) in [4.78, 5) is 13.0. The fourth-order valence-corrected chi connectivity index (χ4v) is 3.50. The van der Waals surface area contributed by atoms with E-state index in [4.69, 9.17) is 17.3 Å². The Bertz CT molecular complexity index is 1240. The van der Waals surface area contributed by atoms with E-state index in [1.54, 1.807) is 4.57 Å². The molecule has 0 spiro atoms. The van der Waals surface area contributed by atoms with Crippen LogP contribution in [0.1, 0.15) is 27.3 Å². The summed E-state index contributed by atoms with van der Waals surface area (Å²) in [5.74, 6) is 0.635. The predicted molar refractivity (Wildman–Crippen MR) is 122 cm³/mol. The molecule has 0 aliphatic carbocycles. The Morgan fingerprint density at radius 1 is 1.13 bits per heavy atom. The average molecular weight is 433 g/mol. The molecule has 0 aliphatic heterocycles. The average Bonchev–Trinajstić information content (AvgIpc) is 3.33. The number of aromatic amines is 1. The van der Waals surface area contributed by atoms with Gasteiger partial charge in [0.25, 0.3) is 5.91 Å². The van der Waals surface area contributed by atoms with Crippen molar-refractivity contribution in [1.82, 2.24) is 29.9 Å². The quantitative estimate of drug-likeness (QED) is 0.437. The molecular weight excluding hydrogens is 408 g/mol. The maximum atomic E-state index is 13.0. The highest BCUT2D eigenvalue weighted by Crippen LogP contribution is 2.23. The van der Waals surface area contributed by atoms with Gasteiger partial charge in [-0.1, -0.05) is 60.2 Å². The van der Waals surface area contributed by atoms with E-state index < -0.39 is 0 Å². The summed E-state index contributed by atoms with van der Waals surface area (Å²) in [6.07, 6.45) is 2.39. The molecule has 0 aliphatic rings. The Balaban J connectivity index is 1.56. The lowest BCUT2D eigenvalue weighted by Crippen LogP contribution is -2.26. The van der Waals surface area contributed by atoms with Crippen LogP contribution in [0, 0.1) is 11.7 Å². The van der Waals surface area contributed by atoms with Gasteiger partial charge in [0.15, 0.2) is 4.77 Å². The zero-order valence-corrected chi connectivity index (χ0v) is 18.3. The lowest BCUT2D eigenvalue weighted by Gasteiger charge is -2.06. The third kappa shape index (κ3) is 4.80. The van der Waals surface area contributed by atoms with Crippen molar-refractivity contribution < 1.29 is 4.79 Å². The Hall–Kier alpha value is -3.52. The molecule has 31 heavy (non-hydrogen) atoms. The van der Waals surface area contributed by atoms with Crippen molar-refractivity contribution >= 4 is 18.1 Å². The van der Waals surface area contributed by atoms with E-state index in [2.05, 4.69) is 15.5 Å². The number of hydrogen-bond acceptors (Lipinski definition) is 4. The van der Waals surface area contributed by atoms with Gasteiger partial charge in [0.2, 0.25) is 0 Å². The second-order valence-electron chi connectivity index (χ2n) is 7.45. The fraction of sp³-hybridized carbons (Fsp3) is 0.217. The van der Waals surface area contributed by atoms with E-state index in [9.17, 15) is 4.79 Å². The highest BCUT2D eigenvalue weighted by Gasteiger charge is 2.18. The van der Waals surface area contributed by atoms with Crippen molar-refractivity contribution in [2.24, 2.45) is 7.05 Å². The zero-order chi connectivity index (χ0) is 21.8. The second-order valence-corrected chi connectivity index (χ2v) is 7.84. The predicted octanol–water partition coefficient (Wildman–Crippen LogP) is 3.67. The molecule has 0 saturated carbocycles. The molecule has 0 radical (unpaired) electrons. The molecule has 4 aromatic rings. The van der Waals surface area contributed by atoms with Crippen LogP contribution in [0.15, 0.2) is 60.8 Å². The summed E-state index contributed by atoms with van der Waals surface area (Å²) in [6, 6.07) is 18.1. The molecule has 0 unspecified atom stereocenters. The summed E-state index contributed by atoms with van der Waals surface area (Å²) in [5.41, 5.74) is 4.42. The van der Waals surface area contributed by atoms with Gasteiger partial charge in [-0.2, -0.15) is 10.2 Å². The first-order valence-corrected chi connectivity index (χ1v) is 10.5. The number of carbonyl (C=O) groups is 1. The topological polar surface area (TPSA) is 80.5 Å². The number of carbonyl (C=O) groups excluding carboxylic acids is 1. The Morgan fingerprint density at radius 3 is 2.55 bits per heavy atom. The van der Waals surface area contributed by atoms with Crippen LogP contribution in [0.3, 0.4) is 0 Å². The maximum Gasteiger partial charge on any atom is 0.255 e. The van der Waals surface area contributed by atoms with Crippen molar-refractivity contribution in [3.8, 4) is 11.3 Å². The highest BCUT2D eigenvalue weighted by molar-refractivity contribution is 7.71. The maximum absolute atomic E-state index is 13.0. The molecule has 4 rings (SSSR count). The number of aryl methyl sites for hydroxylation is 1. The smallest absolute Gasteiger partial charge is 0.255 e. The normalized spacial score (nSPS) is 10.9. The summed E-state index contributed by atoms with van der Waals surface area (Å²) in [6.45, 7) is 3.08. The molecule has 158 valence electrons. The number of nitrogens with one attached hydrogen (secondary N) is 2. The number of benzene rings is 2. The van der Waals surface area contributed by atoms with E-state index in [0.717, 1.165) is 22.5 Å². The minimum absolute atomic E-state index is 0.160. The lowest BCUT2D eigenvalue weighted by molar-refractivity contribution is 0.0954. The third-order valence-electron chi connectivity index (χ3n) is 5.13. The van der Waals surface area contributed by atoms with Crippen LogP contribution in [-0.4, -0.2) is 37.0 Å². The number of rotatable bonds is 7. The largest absolute Gasteiger partial charge is 0.351 e. The van der Waals surface area contributed by atoms with Crippen molar-refractivity contribution in [2.75, 3.05) is 6.54 Å². The van der Waals surface area contributed by atoms with E-state index in [-0.39, 0.29) is 5.91 Å². The van der Waals surface area contributed by atoms with Gasteiger partial charge in [-0.15, -0.1) is 0 Å². The number of hydrogen-bond donors (Lipinski definition) is 2. The van der Waals surface area contributed by atoms with Gasteiger partial charge < -0.3 is 9.88 Å².